The van der Waals surface area contributed by atoms with Crippen LogP contribution in [-0.2, 0) is 11.2 Å². The fourth-order valence-electron chi connectivity index (χ4n) is 2.39. The van der Waals surface area contributed by atoms with Gasteiger partial charge >= 0.3 is 0 Å². The number of rotatable bonds is 2. The molecule has 0 saturated heterocycles. The number of halogens is 2. The van der Waals surface area contributed by atoms with Crippen molar-refractivity contribution in [2.45, 2.75) is 17.7 Å². The van der Waals surface area contributed by atoms with E-state index in [-0.39, 0.29) is 10.7 Å². The van der Waals surface area contributed by atoms with E-state index < -0.39 is 0 Å². The average Bonchev–Trinajstić information content (AvgIpc) is 2.47. The molecule has 102 valence electrons. The maximum atomic E-state index is 11.4. The molecule has 0 bridgehead atoms. The van der Waals surface area contributed by atoms with Crippen LogP contribution < -0.4 is 5.32 Å². The molecule has 0 saturated carbocycles. The Bertz CT molecular complexity index is 652. The number of alkyl halides is 1. The van der Waals surface area contributed by atoms with Crippen LogP contribution in [0.5, 0.6) is 0 Å². The van der Waals surface area contributed by atoms with Gasteiger partial charge in [-0.2, -0.15) is 0 Å². The van der Waals surface area contributed by atoms with Crippen LogP contribution in [0.4, 0.5) is 5.69 Å². The molecule has 0 aliphatic carbocycles. The van der Waals surface area contributed by atoms with Crippen molar-refractivity contribution in [1.29, 1.82) is 0 Å². The molecule has 0 fully saturated rings. The van der Waals surface area contributed by atoms with E-state index >= 15 is 0 Å². The van der Waals surface area contributed by atoms with Crippen LogP contribution in [0.25, 0.3) is 0 Å². The highest BCUT2D eigenvalue weighted by molar-refractivity contribution is 9.10. The molecule has 3 rings (SSSR count). The lowest BCUT2D eigenvalue weighted by Crippen LogP contribution is -2.19. The molecule has 0 spiro atoms. The number of carbonyl (C=O) groups is 1. The van der Waals surface area contributed by atoms with E-state index in [0.717, 1.165) is 16.6 Å². The van der Waals surface area contributed by atoms with Crippen LogP contribution in [0.3, 0.4) is 0 Å². The fourth-order valence-corrected chi connectivity index (χ4v) is 3.24. The van der Waals surface area contributed by atoms with Crippen LogP contribution >= 0.6 is 31.9 Å². The van der Waals surface area contributed by atoms with Crippen LogP contribution in [0.2, 0.25) is 0 Å². The van der Waals surface area contributed by atoms with E-state index in [9.17, 15) is 4.79 Å². The van der Waals surface area contributed by atoms with Crippen molar-refractivity contribution in [1.82, 2.24) is 0 Å². The fraction of sp³-hybridized carbons (Fsp3) is 0.188. The lowest BCUT2D eigenvalue weighted by molar-refractivity contribution is -0.116. The molecule has 1 unspecified atom stereocenters. The second-order valence-corrected chi connectivity index (χ2v) is 6.71. The molecule has 20 heavy (non-hydrogen) atoms. The summed E-state index contributed by atoms with van der Waals surface area (Å²) in [5, 5.41) is 2.91. The van der Waals surface area contributed by atoms with Crippen molar-refractivity contribution in [2.75, 3.05) is 5.32 Å². The van der Waals surface area contributed by atoms with Crippen molar-refractivity contribution < 1.29 is 4.79 Å². The van der Waals surface area contributed by atoms with Crippen molar-refractivity contribution in [3.8, 4) is 0 Å². The minimum absolute atomic E-state index is 0.105. The lowest BCUT2D eigenvalue weighted by Gasteiger charge is -2.19. The summed E-state index contributed by atoms with van der Waals surface area (Å²) < 4.78 is 1.08. The summed E-state index contributed by atoms with van der Waals surface area (Å²) in [4.78, 5) is 11.5. The van der Waals surface area contributed by atoms with E-state index in [2.05, 4.69) is 61.4 Å². The summed E-state index contributed by atoms with van der Waals surface area (Å²) in [5.74, 6) is 0.105. The molecule has 2 aromatic rings. The lowest BCUT2D eigenvalue weighted by atomic mass is 9.97. The van der Waals surface area contributed by atoms with Crippen LogP contribution in [-0.4, -0.2) is 5.91 Å². The third-order valence-corrected chi connectivity index (χ3v) is 5.07. The van der Waals surface area contributed by atoms with Gasteiger partial charge in [-0.25, -0.2) is 0 Å². The predicted octanol–water partition coefficient (Wildman–Crippen LogP) is 4.82. The molecule has 1 N–H and O–H groups in total. The van der Waals surface area contributed by atoms with Gasteiger partial charge in [-0.3, -0.25) is 4.79 Å². The van der Waals surface area contributed by atoms with Crippen molar-refractivity contribution >= 4 is 43.5 Å². The largest absolute Gasteiger partial charge is 0.326 e. The van der Waals surface area contributed by atoms with Gasteiger partial charge in [0, 0.05) is 16.6 Å². The number of nitrogens with one attached hydrogen (secondary N) is 1. The third-order valence-electron chi connectivity index (χ3n) is 3.48. The van der Waals surface area contributed by atoms with Crippen LogP contribution in [0.15, 0.2) is 46.9 Å². The summed E-state index contributed by atoms with van der Waals surface area (Å²) in [5.41, 5.74) is 4.58. The molecule has 1 amide bonds. The molecule has 2 nitrogen and oxygen atoms in total. The van der Waals surface area contributed by atoms with Crippen molar-refractivity contribution in [3.05, 3.63) is 63.6 Å². The number of aryl methyl sites for hydroxylation is 1. The normalized spacial score (nSPS) is 15.4. The molecule has 0 aromatic heterocycles. The molecule has 1 aliphatic rings. The van der Waals surface area contributed by atoms with E-state index in [1.807, 2.05) is 18.2 Å². The van der Waals surface area contributed by atoms with Gasteiger partial charge in [0.2, 0.25) is 5.91 Å². The van der Waals surface area contributed by atoms with Gasteiger partial charge in [0.05, 0.1) is 4.83 Å². The van der Waals surface area contributed by atoms with E-state index in [4.69, 9.17) is 0 Å². The van der Waals surface area contributed by atoms with Crippen LogP contribution in [0.1, 0.15) is 27.9 Å². The summed E-state index contributed by atoms with van der Waals surface area (Å²) in [6, 6.07) is 14.5. The summed E-state index contributed by atoms with van der Waals surface area (Å²) in [6.07, 6.45) is 1.39. The molecule has 2 aromatic carbocycles. The molecular formula is C16H13Br2NO. The first-order valence-corrected chi connectivity index (χ1v) is 8.16. The minimum Gasteiger partial charge on any atom is -0.326 e. The number of benzene rings is 2. The number of carbonyl (C=O) groups excluding carboxylic acids is 1. The van der Waals surface area contributed by atoms with Gasteiger partial charge in [-0.05, 0) is 41.3 Å². The Hall–Kier alpha value is -1.13. The zero-order valence-electron chi connectivity index (χ0n) is 10.7. The Morgan fingerprint density at radius 2 is 1.70 bits per heavy atom. The first kappa shape index (κ1) is 13.8. The van der Waals surface area contributed by atoms with Gasteiger partial charge in [0.1, 0.15) is 0 Å². The topological polar surface area (TPSA) is 29.1 Å². The highest BCUT2D eigenvalue weighted by Gasteiger charge is 2.17. The molecular weight excluding hydrogens is 382 g/mol. The van der Waals surface area contributed by atoms with Gasteiger partial charge in [0.25, 0.3) is 0 Å². The Morgan fingerprint density at radius 3 is 2.45 bits per heavy atom. The number of anilines is 1. The number of hydrogen-bond acceptors (Lipinski definition) is 1. The minimum atomic E-state index is 0.105. The van der Waals surface area contributed by atoms with Crippen LogP contribution in [0, 0.1) is 0 Å². The zero-order chi connectivity index (χ0) is 14.1. The monoisotopic (exact) mass is 393 g/mol. The Morgan fingerprint density at radius 1 is 1.00 bits per heavy atom. The SMILES string of the molecule is O=C1CCc2cc(C(Br)c3ccc(Br)cc3)ccc2N1. The average molecular weight is 395 g/mol. The van der Waals surface area contributed by atoms with E-state index in [1.54, 1.807) is 0 Å². The molecule has 4 heteroatoms. The number of fused-ring (bicyclic) bond motifs is 1. The van der Waals surface area contributed by atoms with Gasteiger partial charge < -0.3 is 5.32 Å². The quantitative estimate of drug-likeness (QED) is 0.727. The first-order valence-electron chi connectivity index (χ1n) is 6.46. The molecule has 1 aliphatic heterocycles. The van der Waals surface area contributed by atoms with Gasteiger partial charge in [-0.1, -0.05) is 56.1 Å². The van der Waals surface area contributed by atoms with Gasteiger partial charge in [-0.15, -0.1) is 0 Å². The van der Waals surface area contributed by atoms with E-state index in [1.165, 1.54) is 16.7 Å². The molecule has 1 heterocycles. The summed E-state index contributed by atoms with van der Waals surface area (Å²) >= 11 is 7.21. The molecule has 0 radical (unpaired) electrons. The van der Waals surface area contributed by atoms with E-state index in [0.29, 0.717) is 6.42 Å². The standard InChI is InChI=1S/C16H13Br2NO/c17-13-5-1-10(2-6-13)16(18)12-3-7-14-11(9-12)4-8-15(20)19-14/h1-3,5-7,9,16H,4,8H2,(H,19,20). The Labute approximate surface area is 134 Å². The number of hydrogen-bond donors (Lipinski definition) is 1. The highest BCUT2D eigenvalue weighted by atomic mass is 79.9. The summed E-state index contributed by atoms with van der Waals surface area (Å²) in [7, 11) is 0. The third kappa shape index (κ3) is 2.81. The highest BCUT2D eigenvalue weighted by Crippen LogP contribution is 2.34. The summed E-state index contributed by atoms with van der Waals surface area (Å²) in [6.45, 7) is 0. The van der Waals surface area contributed by atoms with Gasteiger partial charge in [0.15, 0.2) is 0 Å². The zero-order valence-corrected chi connectivity index (χ0v) is 13.9. The second kappa shape index (κ2) is 5.70. The maximum Gasteiger partial charge on any atom is 0.224 e. The first-order chi connectivity index (χ1) is 9.63. The maximum absolute atomic E-state index is 11.4. The van der Waals surface area contributed by atoms with Crippen molar-refractivity contribution in [3.63, 3.8) is 0 Å². The second-order valence-electron chi connectivity index (χ2n) is 4.88. The smallest absolute Gasteiger partial charge is 0.224 e. The van der Waals surface area contributed by atoms with Crippen molar-refractivity contribution in [2.24, 2.45) is 0 Å². The Balaban J connectivity index is 1.90. The predicted molar refractivity (Wildman–Crippen MR) is 88.3 cm³/mol. The Kier molecular flexibility index (Phi) is 3.94. The number of amides is 1. The molecule has 1 atom stereocenters.